The van der Waals surface area contributed by atoms with E-state index in [0.29, 0.717) is 11.1 Å². The first kappa shape index (κ1) is 13.9. The zero-order valence-corrected chi connectivity index (χ0v) is 11.4. The van der Waals surface area contributed by atoms with Gasteiger partial charge in [0.1, 0.15) is 5.75 Å². The van der Waals surface area contributed by atoms with Crippen molar-refractivity contribution in [3.05, 3.63) is 59.2 Å². The fraction of sp³-hybridized carbons (Fsp3) is 0.188. The zero-order valence-electron chi connectivity index (χ0n) is 11.4. The fourth-order valence-corrected chi connectivity index (χ4v) is 2.10. The van der Waals surface area contributed by atoms with Crippen LogP contribution in [0.3, 0.4) is 0 Å². The van der Waals surface area contributed by atoms with Gasteiger partial charge in [-0.15, -0.1) is 0 Å². The maximum Gasteiger partial charge on any atom is 0.336 e. The number of hydrogen-bond acceptors (Lipinski definition) is 3. The number of phenols is 1. The van der Waals surface area contributed by atoms with E-state index in [0.717, 1.165) is 11.3 Å². The van der Waals surface area contributed by atoms with Crippen LogP contribution in [-0.2, 0) is 0 Å². The topological polar surface area (TPSA) is 69.6 Å². The third-order valence-corrected chi connectivity index (χ3v) is 3.33. The van der Waals surface area contributed by atoms with Crippen LogP contribution in [0.4, 0.5) is 5.69 Å². The summed E-state index contributed by atoms with van der Waals surface area (Å²) >= 11 is 0. The molecule has 0 saturated heterocycles. The molecular formula is C16H17NO3. The van der Waals surface area contributed by atoms with E-state index in [2.05, 4.69) is 5.32 Å². The Balaban J connectivity index is 2.23. The molecule has 0 bridgehead atoms. The second-order valence-corrected chi connectivity index (χ2v) is 4.74. The number of nitrogens with one attached hydrogen (secondary N) is 1. The number of aromatic hydroxyl groups is 1. The Labute approximate surface area is 117 Å². The number of carboxylic acids is 1. The molecule has 2 aromatic rings. The van der Waals surface area contributed by atoms with E-state index < -0.39 is 5.97 Å². The smallest absolute Gasteiger partial charge is 0.336 e. The number of aromatic carboxylic acids is 1. The minimum Gasteiger partial charge on any atom is -0.508 e. The highest BCUT2D eigenvalue weighted by molar-refractivity contribution is 5.91. The van der Waals surface area contributed by atoms with E-state index in [4.69, 9.17) is 5.11 Å². The summed E-state index contributed by atoms with van der Waals surface area (Å²) in [5, 5.41) is 21.7. The van der Waals surface area contributed by atoms with Crippen molar-refractivity contribution in [3.63, 3.8) is 0 Å². The predicted octanol–water partition coefficient (Wildman–Crippen LogP) is 3.57. The number of anilines is 1. The van der Waals surface area contributed by atoms with Crippen LogP contribution in [0.5, 0.6) is 5.75 Å². The van der Waals surface area contributed by atoms with Crippen molar-refractivity contribution < 1.29 is 15.0 Å². The van der Waals surface area contributed by atoms with Gasteiger partial charge >= 0.3 is 5.97 Å². The molecule has 0 heterocycles. The van der Waals surface area contributed by atoms with Crippen molar-refractivity contribution in [2.24, 2.45) is 0 Å². The van der Waals surface area contributed by atoms with E-state index in [1.54, 1.807) is 31.2 Å². The molecule has 20 heavy (non-hydrogen) atoms. The first-order chi connectivity index (χ1) is 9.49. The first-order valence-corrected chi connectivity index (χ1v) is 6.37. The lowest BCUT2D eigenvalue weighted by atomic mass is 10.0. The molecule has 0 radical (unpaired) electrons. The molecule has 0 spiro atoms. The summed E-state index contributed by atoms with van der Waals surface area (Å²) < 4.78 is 0. The molecule has 4 nitrogen and oxygen atoms in total. The first-order valence-electron chi connectivity index (χ1n) is 6.37. The van der Waals surface area contributed by atoms with Crippen LogP contribution in [0, 0.1) is 6.92 Å². The van der Waals surface area contributed by atoms with Crippen molar-refractivity contribution in [1.82, 2.24) is 0 Å². The molecule has 4 heteroatoms. The van der Waals surface area contributed by atoms with Crippen molar-refractivity contribution in [1.29, 1.82) is 0 Å². The van der Waals surface area contributed by atoms with Crippen molar-refractivity contribution in [2.75, 3.05) is 5.32 Å². The van der Waals surface area contributed by atoms with Gasteiger partial charge in [-0.05, 0) is 49.2 Å². The van der Waals surface area contributed by atoms with Crippen molar-refractivity contribution in [3.8, 4) is 5.75 Å². The number of rotatable bonds is 4. The van der Waals surface area contributed by atoms with E-state index in [9.17, 15) is 9.90 Å². The molecular weight excluding hydrogens is 254 g/mol. The molecule has 3 N–H and O–H groups in total. The number of phenolic OH excluding ortho intramolecular Hbond substituents is 1. The van der Waals surface area contributed by atoms with Gasteiger partial charge in [0.2, 0.25) is 0 Å². The van der Waals surface area contributed by atoms with Crippen LogP contribution >= 0.6 is 0 Å². The second-order valence-electron chi connectivity index (χ2n) is 4.74. The van der Waals surface area contributed by atoms with Gasteiger partial charge in [0.25, 0.3) is 0 Å². The standard InChI is InChI=1S/C16H17NO3/c1-10-14(16(19)20)4-3-5-15(10)17-11(2)12-6-8-13(18)9-7-12/h3-9,11,17-18H,1-2H3,(H,19,20). The van der Waals surface area contributed by atoms with Gasteiger partial charge in [0.15, 0.2) is 0 Å². The highest BCUT2D eigenvalue weighted by atomic mass is 16.4. The van der Waals surface area contributed by atoms with E-state index in [-0.39, 0.29) is 11.8 Å². The summed E-state index contributed by atoms with van der Waals surface area (Å²) in [6, 6.07) is 12.1. The number of carboxylic acid groups (broad SMARTS) is 1. The Morgan fingerprint density at radius 3 is 2.40 bits per heavy atom. The van der Waals surface area contributed by atoms with Crippen LogP contribution in [0.1, 0.15) is 34.5 Å². The number of carbonyl (C=O) groups is 1. The molecule has 1 atom stereocenters. The second kappa shape index (κ2) is 5.65. The Morgan fingerprint density at radius 2 is 1.80 bits per heavy atom. The average molecular weight is 271 g/mol. The third kappa shape index (κ3) is 2.91. The molecule has 2 rings (SSSR count). The lowest BCUT2D eigenvalue weighted by Gasteiger charge is -2.18. The molecule has 0 fully saturated rings. The summed E-state index contributed by atoms with van der Waals surface area (Å²) in [4.78, 5) is 11.1. The highest BCUT2D eigenvalue weighted by Crippen LogP contribution is 2.25. The van der Waals surface area contributed by atoms with Crippen molar-refractivity contribution >= 4 is 11.7 Å². The van der Waals surface area contributed by atoms with Crippen LogP contribution in [0.2, 0.25) is 0 Å². The third-order valence-electron chi connectivity index (χ3n) is 3.33. The number of benzene rings is 2. The molecule has 0 aliphatic rings. The minimum atomic E-state index is -0.927. The molecule has 0 saturated carbocycles. The largest absolute Gasteiger partial charge is 0.508 e. The summed E-state index contributed by atoms with van der Waals surface area (Å²) in [6.07, 6.45) is 0. The lowest BCUT2D eigenvalue weighted by Crippen LogP contribution is -2.09. The summed E-state index contributed by atoms with van der Waals surface area (Å²) in [6.45, 7) is 3.77. The molecule has 1 unspecified atom stereocenters. The molecule has 0 aliphatic heterocycles. The monoisotopic (exact) mass is 271 g/mol. The average Bonchev–Trinajstić information content (AvgIpc) is 2.41. The molecule has 0 aliphatic carbocycles. The summed E-state index contributed by atoms with van der Waals surface area (Å²) in [7, 11) is 0. The molecule has 2 aromatic carbocycles. The SMILES string of the molecule is Cc1c(NC(C)c2ccc(O)cc2)cccc1C(=O)O. The lowest BCUT2D eigenvalue weighted by molar-refractivity contribution is 0.0696. The quantitative estimate of drug-likeness (QED) is 0.795. The van der Waals surface area contributed by atoms with Gasteiger partial charge in [-0.3, -0.25) is 0 Å². The minimum absolute atomic E-state index is 0.0124. The predicted molar refractivity (Wildman–Crippen MR) is 78.3 cm³/mol. The summed E-state index contributed by atoms with van der Waals surface area (Å²) in [5.41, 5.74) is 2.83. The highest BCUT2D eigenvalue weighted by Gasteiger charge is 2.12. The van der Waals surface area contributed by atoms with Gasteiger partial charge in [0.05, 0.1) is 5.56 Å². The van der Waals surface area contributed by atoms with Gasteiger partial charge in [0, 0.05) is 11.7 Å². The van der Waals surface area contributed by atoms with Gasteiger partial charge in [-0.1, -0.05) is 18.2 Å². The van der Waals surface area contributed by atoms with Crippen LogP contribution in [-0.4, -0.2) is 16.2 Å². The van der Waals surface area contributed by atoms with Gasteiger partial charge in [-0.25, -0.2) is 4.79 Å². The normalized spacial score (nSPS) is 11.9. The molecule has 0 amide bonds. The zero-order chi connectivity index (χ0) is 14.7. The summed E-state index contributed by atoms with van der Waals surface area (Å²) in [5.74, 6) is -0.701. The Morgan fingerprint density at radius 1 is 1.15 bits per heavy atom. The van der Waals surface area contributed by atoms with Gasteiger partial charge < -0.3 is 15.5 Å². The molecule has 0 aromatic heterocycles. The maximum absolute atomic E-state index is 11.1. The van der Waals surface area contributed by atoms with Crippen LogP contribution in [0.25, 0.3) is 0 Å². The molecule has 104 valence electrons. The van der Waals surface area contributed by atoms with Crippen molar-refractivity contribution in [2.45, 2.75) is 19.9 Å². The van der Waals surface area contributed by atoms with Crippen LogP contribution < -0.4 is 5.32 Å². The van der Waals surface area contributed by atoms with E-state index in [1.165, 1.54) is 0 Å². The Kier molecular flexibility index (Phi) is 3.94. The maximum atomic E-state index is 11.1. The Hall–Kier alpha value is -2.49. The van der Waals surface area contributed by atoms with E-state index in [1.807, 2.05) is 25.1 Å². The number of hydrogen-bond donors (Lipinski definition) is 3. The Bertz CT molecular complexity index is 620. The van der Waals surface area contributed by atoms with Crippen LogP contribution in [0.15, 0.2) is 42.5 Å². The van der Waals surface area contributed by atoms with E-state index >= 15 is 0 Å². The van der Waals surface area contributed by atoms with Gasteiger partial charge in [-0.2, -0.15) is 0 Å². The fourth-order valence-electron chi connectivity index (χ4n) is 2.10.